The van der Waals surface area contributed by atoms with Gasteiger partial charge in [0.1, 0.15) is 5.82 Å². The highest BCUT2D eigenvalue weighted by Gasteiger charge is 2.07. The second kappa shape index (κ2) is 5.66. The number of halogens is 1. The maximum absolute atomic E-state index is 12.8. The van der Waals surface area contributed by atoms with Crippen LogP contribution in [0.5, 0.6) is 0 Å². The molecule has 1 aromatic carbocycles. The Balaban J connectivity index is 2.63. The van der Waals surface area contributed by atoms with Crippen molar-refractivity contribution >= 4 is 11.8 Å². The largest absolute Gasteiger partial charge is 0.207 e. The standard InChI is InChI=1S/C11H12FNS/c1-2-10(6-7-13)14-11-5-3-4-9(12)8-11/h3-5,8,10H,2,6H2,1H3. The van der Waals surface area contributed by atoms with Crippen LogP contribution >= 0.6 is 11.8 Å². The van der Waals surface area contributed by atoms with Gasteiger partial charge in [0.2, 0.25) is 0 Å². The van der Waals surface area contributed by atoms with Crippen LogP contribution in [0.25, 0.3) is 0 Å². The third-order valence-electron chi connectivity index (χ3n) is 1.87. The van der Waals surface area contributed by atoms with Crippen LogP contribution in [-0.4, -0.2) is 5.25 Å². The zero-order valence-corrected chi connectivity index (χ0v) is 8.85. The molecular weight excluding hydrogens is 197 g/mol. The van der Waals surface area contributed by atoms with Crippen LogP contribution < -0.4 is 0 Å². The van der Waals surface area contributed by atoms with Crippen LogP contribution in [0.3, 0.4) is 0 Å². The molecule has 0 N–H and O–H groups in total. The van der Waals surface area contributed by atoms with Gasteiger partial charge in [-0.15, -0.1) is 11.8 Å². The molecule has 0 saturated carbocycles. The van der Waals surface area contributed by atoms with E-state index in [9.17, 15) is 4.39 Å². The molecule has 0 amide bonds. The molecule has 3 heteroatoms. The molecule has 0 heterocycles. The zero-order chi connectivity index (χ0) is 10.4. The normalized spacial score (nSPS) is 12.1. The summed E-state index contributed by atoms with van der Waals surface area (Å²) in [7, 11) is 0. The van der Waals surface area contributed by atoms with Gasteiger partial charge in [-0.2, -0.15) is 5.26 Å². The van der Waals surface area contributed by atoms with E-state index in [0.29, 0.717) is 6.42 Å². The molecular formula is C11H12FNS. The van der Waals surface area contributed by atoms with Crippen molar-refractivity contribution in [3.05, 3.63) is 30.1 Å². The molecule has 1 aromatic rings. The van der Waals surface area contributed by atoms with Crippen LogP contribution in [0.4, 0.5) is 4.39 Å². The first-order valence-corrected chi connectivity index (χ1v) is 5.43. The first-order chi connectivity index (χ1) is 6.76. The van der Waals surface area contributed by atoms with E-state index in [-0.39, 0.29) is 11.1 Å². The van der Waals surface area contributed by atoms with Crippen molar-refractivity contribution < 1.29 is 4.39 Å². The molecule has 0 fully saturated rings. The number of nitriles is 1. The minimum atomic E-state index is -0.221. The molecule has 0 spiro atoms. The Bertz CT molecular complexity index is 332. The van der Waals surface area contributed by atoms with E-state index >= 15 is 0 Å². The average Bonchev–Trinajstić information content (AvgIpc) is 2.17. The molecule has 1 nitrogen and oxygen atoms in total. The molecule has 1 rings (SSSR count). The topological polar surface area (TPSA) is 23.8 Å². The van der Waals surface area contributed by atoms with Gasteiger partial charge in [-0.25, -0.2) is 4.39 Å². The highest BCUT2D eigenvalue weighted by molar-refractivity contribution is 8.00. The maximum Gasteiger partial charge on any atom is 0.124 e. The molecule has 74 valence electrons. The van der Waals surface area contributed by atoms with Crippen LogP contribution in [0.2, 0.25) is 0 Å². The summed E-state index contributed by atoms with van der Waals surface area (Å²) in [6, 6.07) is 8.63. The lowest BCUT2D eigenvalue weighted by molar-refractivity contribution is 0.624. The summed E-state index contributed by atoms with van der Waals surface area (Å²) < 4.78 is 12.8. The molecule has 0 aromatic heterocycles. The predicted molar refractivity (Wildman–Crippen MR) is 56.6 cm³/mol. The molecule has 0 radical (unpaired) electrons. The van der Waals surface area contributed by atoms with E-state index in [0.717, 1.165) is 11.3 Å². The lowest BCUT2D eigenvalue weighted by Gasteiger charge is -2.09. The van der Waals surface area contributed by atoms with Crippen molar-refractivity contribution in [2.24, 2.45) is 0 Å². The number of hydrogen-bond acceptors (Lipinski definition) is 2. The summed E-state index contributed by atoms with van der Waals surface area (Å²) in [5.41, 5.74) is 0. The lowest BCUT2D eigenvalue weighted by Crippen LogP contribution is -1.98. The average molecular weight is 209 g/mol. The van der Waals surface area contributed by atoms with Crippen molar-refractivity contribution in [2.45, 2.75) is 29.9 Å². The van der Waals surface area contributed by atoms with E-state index in [4.69, 9.17) is 5.26 Å². The molecule has 0 aliphatic carbocycles. The van der Waals surface area contributed by atoms with Gasteiger partial charge < -0.3 is 0 Å². The summed E-state index contributed by atoms with van der Waals surface area (Å²) in [5, 5.41) is 8.83. The quantitative estimate of drug-likeness (QED) is 0.707. The zero-order valence-electron chi connectivity index (χ0n) is 8.03. The summed E-state index contributed by atoms with van der Waals surface area (Å²) >= 11 is 1.56. The predicted octanol–water partition coefficient (Wildman–Crippen LogP) is 3.61. The van der Waals surface area contributed by atoms with Crippen molar-refractivity contribution in [3.63, 3.8) is 0 Å². The van der Waals surface area contributed by atoms with Crippen molar-refractivity contribution in [1.29, 1.82) is 5.26 Å². The van der Waals surface area contributed by atoms with E-state index in [1.54, 1.807) is 17.8 Å². The van der Waals surface area contributed by atoms with Gasteiger partial charge in [0, 0.05) is 16.6 Å². The van der Waals surface area contributed by atoms with Crippen molar-refractivity contribution in [3.8, 4) is 6.07 Å². The smallest absolute Gasteiger partial charge is 0.124 e. The number of nitrogens with zero attached hydrogens (tertiary/aromatic N) is 1. The monoisotopic (exact) mass is 209 g/mol. The minimum Gasteiger partial charge on any atom is -0.207 e. The van der Waals surface area contributed by atoms with Gasteiger partial charge in [-0.1, -0.05) is 13.0 Å². The van der Waals surface area contributed by atoms with Crippen LogP contribution in [0, 0.1) is 17.1 Å². The van der Waals surface area contributed by atoms with Crippen LogP contribution in [0.15, 0.2) is 29.2 Å². The van der Waals surface area contributed by atoms with Gasteiger partial charge in [-0.3, -0.25) is 0 Å². The highest BCUT2D eigenvalue weighted by Crippen LogP contribution is 2.27. The van der Waals surface area contributed by atoms with Crippen LogP contribution in [-0.2, 0) is 0 Å². The van der Waals surface area contributed by atoms with E-state index < -0.39 is 0 Å². The molecule has 0 aliphatic rings. The number of benzene rings is 1. The van der Waals surface area contributed by atoms with E-state index in [1.807, 2.05) is 13.0 Å². The van der Waals surface area contributed by atoms with Gasteiger partial charge >= 0.3 is 0 Å². The Labute approximate surface area is 87.9 Å². The maximum atomic E-state index is 12.8. The molecule has 0 aliphatic heterocycles. The molecule has 14 heavy (non-hydrogen) atoms. The van der Waals surface area contributed by atoms with E-state index in [2.05, 4.69) is 6.07 Å². The first-order valence-electron chi connectivity index (χ1n) is 4.55. The molecule has 0 bridgehead atoms. The Morgan fingerprint density at radius 3 is 2.93 bits per heavy atom. The summed E-state index contributed by atoms with van der Waals surface area (Å²) in [4.78, 5) is 0.895. The lowest BCUT2D eigenvalue weighted by atomic mass is 10.3. The molecule has 0 saturated heterocycles. The first kappa shape index (κ1) is 11.1. The van der Waals surface area contributed by atoms with Gasteiger partial charge in [0.05, 0.1) is 6.07 Å². The fourth-order valence-electron chi connectivity index (χ4n) is 1.10. The molecule has 1 unspecified atom stereocenters. The van der Waals surface area contributed by atoms with Gasteiger partial charge in [0.25, 0.3) is 0 Å². The van der Waals surface area contributed by atoms with Crippen molar-refractivity contribution in [2.75, 3.05) is 0 Å². The summed E-state index contributed by atoms with van der Waals surface area (Å²) in [5.74, 6) is -0.221. The van der Waals surface area contributed by atoms with E-state index in [1.165, 1.54) is 12.1 Å². The minimum absolute atomic E-state index is 0.221. The number of thioether (sulfide) groups is 1. The third kappa shape index (κ3) is 3.39. The Kier molecular flexibility index (Phi) is 4.48. The highest BCUT2D eigenvalue weighted by atomic mass is 32.2. The fraction of sp³-hybridized carbons (Fsp3) is 0.364. The Hall–Kier alpha value is -1.01. The van der Waals surface area contributed by atoms with Gasteiger partial charge in [-0.05, 0) is 24.6 Å². The Morgan fingerprint density at radius 1 is 1.57 bits per heavy atom. The summed E-state index contributed by atoms with van der Waals surface area (Å²) in [6.07, 6.45) is 1.44. The SMILES string of the molecule is CCC(CC#N)Sc1cccc(F)c1. The fourth-order valence-corrected chi connectivity index (χ4v) is 2.15. The van der Waals surface area contributed by atoms with Gasteiger partial charge in [0.15, 0.2) is 0 Å². The third-order valence-corrected chi connectivity index (χ3v) is 3.23. The number of hydrogen-bond donors (Lipinski definition) is 0. The second-order valence-corrected chi connectivity index (χ2v) is 4.34. The summed E-state index contributed by atoms with van der Waals surface area (Å²) in [6.45, 7) is 2.04. The van der Waals surface area contributed by atoms with Crippen LogP contribution in [0.1, 0.15) is 19.8 Å². The van der Waals surface area contributed by atoms with Crippen molar-refractivity contribution in [1.82, 2.24) is 0 Å². The molecule has 1 atom stereocenters. The Morgan fingerprint density at radius 2 is 2.36 bits per heavy atom. The second-order valence-electron chi connectivity index (χ2n) is 2.97. The number of rotatable bonds is 4.